The number of hydrogen-bond donors (Lipinski definition) is 2. The second-order valence-corrected chi connectivity index (χ2v) is 6.16. The SMILES string of the molecule is Cc1nc(C)c(CNCC(O)c2ccc(Cl)cc2)s1. The Morgan fingerprint density at radius 2 is 2.00 bits per heavy atom. The highest BCUT2D eigenvalue weighted by molar-refractivity contribution is 7.11. The van der Waals surface area contributed by atoms with Crippen LogP contribution in [0.2, 0.25) is 5.02 Å². The number of thiazole rings is 1. The van der Waals surface area contributed by atoms with Crippen LogP contribution in [-0.2, 0) is 6.54 Å². The van der Waals surface area contributed by atoms with E-state index in [0.717, 1.165) is 22.8 Å². The van der Waals surface area contributed by atoms with E-state index >= 15 is 0 Å². The van der Waals surface area contributed by atoms with Crippen LogP contribution in [0.5, 0.6) is 0 Å². The molecule has 1 heterocycles. The Morgan fingerprint density at radius 1 is 1.32 bits per heavy atom. The molecule has 2 aromatic rings. The summed E-state index contributed by atoms with van der Waals surface area (Å²) >= 11 is 7.51. The number of benzene rings is 1. The molecule has 1 aromatic carbocycles. The fourth-order valence-corrected chi connectivity index (χ4v) is 2.90. The Hall–Kier alpha value is -0.940. The maximum absolute atomic E-state index is 10.0. The van der Waals surface area contributed by atoms with Crippen molar-refractivity contribution in [2.45, 2.75) is 26.5 Å². The normalized spacial score (nSPS) is 12.6. The van der Waals surface area contributed by atoms with E-state index in [1.165, 1.54) is 4.88 Å². The lowest BCUT2D eigenvalue weighted by atomic mass is 10.1. The average molecular weight is 297 g/mol. The van der Waals surface area contributed by atoms with Crippen molar-refractivity contribution in [3.8, 4) is 0 Å². The maximum atomic E-state index is 10.0. The smallest absolute Gasteiger partial charge is 0.0914 e. The highest BCUT2D eigenvalue weighted by atomic mass is 35.5. The minimum atomic E-state index is -0.522. The minimum Gasteiger partial charge on any atom is -0.387 e. The van der Waals surface area contributed by atoms with Crippen molar-refractivity contribution in [3.05, 3.63) is 50.4 Å². The molecule has 0 spiro atoms. The van der Waals surface area contributed by atoms with E-state index in [1.54, 1.807) is 23.5 Å². The summed E-state index contributed by atoms with van der Waals surface area (Å²) in [7, 11) is 0. The maximum Gasteiger partial charge on any atom is 0.0914 e. The summed E-state index contributed by atoms with van der Waals surface area (Å²) in [5.74, 6) is 0. The third-order valence-electron chi connectivity index (χ3n) is 2.88. The number of nitrogens with zero attached hydrogens (tertiary/aromatic N) is 1. The molecule has 5 heteroatoms. The average Bonchev–Trinajstić information content (AvgIpc) is 2.68. The first kappa shape index (κ1) is 14.5. The highest BCUT2D eigenvalue weighted by Gasteiger charge is 2.08. The molecule has 19 heavy (non-hydrogen) atoms. The summed E-state index contributed by atoms with van der Waals surface area (Å²) in [5, 5.41) is 15.1. The standard InChI is InChI=1S/C14H17ClN2OS/c1-9-14(19-10(2)17-9)8-16-7-13(18)11-3-5-12(15)6-4-11/h3-6,13,16,18H,7-8H2,1-2H3. The monoisotopic (exact) mass is 296 g/mol. The summed E-state index contributed by atoms with van der Waals surface area (Å²) in [5.41, 5.74) is 1.94. The van der Waals surface area contributed by atoms with Crippen LogP contribution in [0, 0.1) is 13.8 Å². The molecule has 0 fully saturated rings. The number of aliphatic hydroxyl groups excluding tert-OH is 1. The molecule has 0 saturated carbocycles. The highest BCUT2D eigenvalue weighted by Crippen LogP contribution is 2.18. The Morgan fingerprint density at radius 3 is 2.58 bits per heavy atom. The largest absolute Gasteiger partial charge is 0.387 e. The van der Waals surface area contributed by atoms with E-state index in [1.807, 2.05) is 26.0 Å². The molecule has 0 aliphatic carbocycles. The van der Waals surface area contributed by atoms with E-state index < -0.39 is 6.10 Å². The second-order valence-electron chi connectivity index (χ2n) is 4.44. The molecule has 0 aliphatic rings. The quantitative estimate of drug-likeness (QED) is 0.890. The molecule has 3 nitrogen and oxygen atoms in total. The summed E-state index contributed by atoms with van der Waals surface area (Å²) in [6.45, 7) is 5.26. The van der Waals surface area contributed by atoms with Crippen LogP contribution in [0.15, 0.2) is 24.3 Å². The van der Waals surface area contributed by atoms with Crippen LogP contribution >= 0.6 is 22.9 Å². The third-order valence-corrected chi connectivity index (χ3v) is 4.20. The fraction of sp³-hybridized carbons (Fsp3) is 0.357. The van der Waals surface area contributed by atoms with Gasteiger partial charge in [0.25, 0.3) is 0 Å². The van der Waals surface area contributed by atoms with Gasteiger partial charge in [0.2, 0.25) is 0 Å². The molecule has 0 aliphatic heterocycles. The fourth-order valence-electron chi connectivity index (χ4n) is 1.86. The van der Waals surface area contributed by atoms with Gasteiger partial charge in [-0.15, -0.1) is 11.3 Å². The molecule has 2 N–H and O–H groups in total. The van der Waals surface area contributed by atoms with Crippen molar-refractivity contribution in [2.75, 3.05) is 6.54 Å². The third kappa shape index (κ3) is 4.01. The first-order valence-corrected chi connectivity index (χ1v) is 7.33. The number of nitrogens with one attached hydrogen (secondary N) is 1. The molecular formula is C14H17ClN2OS. The lowest BCUT2D eigenvalue weighted by Crippen LogP contribution is -2.20. The Bertz CT molecular complexity index is 539. The van der Waals surface area contributed by atoms with E-state index in [4.69, 9.17) is 11.6 Å². The Labute approximate surface area is 122 Å². The molecule has 0 bridgehead atoms. The minimum absolute atomic E-state index is 0.512. The van der Waals surface area contributed by atoms with Crippen LogP contribution in [0.25, 0.3) is 0 Å². The van der Waals surface area contributed by atoms with Gasteiger partial charge in [-0.1, -0.05) is 23.7 Å². The number of rotatable bonds is 5. The van der Waals surface area contributed by atoms with Gasteiger partial charge in [0.1, 0.15) is 0 Å². The summed E-state index contributed by atoms with van der Waals surface area (Å²) in [6.07, 6.45) is -0.522. The van der Waals surface area contributed by atoms with Gasteiger partial charge in [0.15, 0.2) is 0 Å². The zero-order valence-corrected chi connectivity index (χ0v) is 12.6. The van der Waals surface area contributed by atoms with Crippen LogP contribution < -0.4 is 5.32 Å². The predicted molar refractivity (Wildman–Crippen MR) is 79.7 cm³/mol. The second kappa shape index (κ2) is 6.48. The molecule has 0 radical (unpaired) electrons. The molecular weight excluding hydrogens is 280 g/mol. The van der Waals surface area contributed by atoms with Crippen molar-refractivity contribution in [1.29, 1.82) is 0 Å². The number of aliphatic hydroxyl groups is 1. The van der Waals surface area contributed by atoms with Gasteiger partial charge < -0.3 is 10.4 Å². The summed E-state index contributed by atoms with van der Waals surface area (Å²) in [6, 6.07) is 7.27. The molecule has 0 amide bonds. The van der Waals surface area contributed by atoms with Crippen molar-refractivity contribution in [2.24, 2.45) is 0 Å². The molecule has 102 valence electrons. The first-order valence-electron chi connectivity index (χ1n) is 6.13. The van der Waals surface area contributed by atoms with Crippen LogP contribution in [0.4, 0.5) is 0 Å². The Balaban J connectivity index is 1.85. The van der Waals surface area contributed by atoms with E-state index in [0.29, 0.717) is 11.6 Å². The van der Waals surface area contributed by atoms with E-state index in [9.17, 15) is 5.11 Å². The van der Waals surface area contributed by atoms with Crippen molar-refractivity contribution >= 4 is 22.9 Å². The van der Waals surface area contributed by atoms with Gasteiger partial charge in [-0.2, -0.15) is 0 Å². The number of aryl methyl sites for hydroxylation is 2. The number of halogens is 1. The van der Waals surface area contributed by atoms with Gasteiger partial charge >= 0.3 is 0 Å². The number of hydrogen-bond acceptors (Lipinski definition) is 4. The van der Waals surface area contributed by atoms with Gasteiger partial charge in [0, 0.05) is 23.0 Å². The van der Waals surface area contributed by atoms with E-state index in [-0.39, 0.29) is 0 Å². The summed E-state index contributed by atoms with van der Waals surface area (Å²) < 4.78 is 0. The topological polar surface area (TPSA) is 45.2 Å². The zero-order valence-electron chi connectivity index (χ0n) is 11.0. The molecule has 2 rings (SSSR count). The van der Waals surface area contributed by atoms with Gasteiger partial charge in [0.05, 0.1) is 16.8 Å². The predicted octanol–water partition coefficient (Wildman–Crippen LogP) is 3.24. The molecule has 1 unspecified atom stereocenters. The van der Waals surface area contributed by atoms with Gasteiger partial charge in [-0.05, 0) is 31.5 Å². The van der Waals surface area contributed by atoms with Gasteiger partial charge in [-0.3, -0.25) is 0 Å². The Kier molecular flexibility index (Phi) is 4.93. The van der Waals surface area contributed by atoms with Crippen LogP contribution in [0.3, 0.4) is 0 Å². The first-order chi connectivity index (χ1) is 9.06. The lowest BCUT2D eigenvalue weighted by molar-refractivity contribution is 0.174. The summed E-state index contributed by atoms with van der Waals surface area (Å²) in [4.78, 5) is 5.60. The van der Waals surface area contributed by atoms with Crippen LogP contribution in [-0.4, -0.2) is 16.6 Å². The van der Waals surface area contributed by atoms with Gasteiger partial charge in [-0.25, -0.2) is 4.98 Å². The zero-order chi connectivity index (χ0) is 13.8. The molecule has 1 aromatic heterocycles. The van der Waals surface area contributed by atoms with E-state index in [2.05, 4.69) is 10.3 Å². The van der Waals surface area contributed by atoms with Crippen LogP contribution in [0.1, 0.15) is 27.2 Å². The van der Waals surface area contributed by atoms with Crippen molar-refractivity contribution < 1.29 is 5.11 Å². The van der Waals surface area contributed by atoms with Crippen molar-refractivity contribution in [3.63, 3.8) is 0 Å². The lowest BCUT2D eigenvalue weighted by Gasteiger charge is -2.12. The van der Waals surface area contributed by atoms with Crippen molar-refractivity contribution in [1.82, 2.24) is 10.3 Å². The molecule has 1 atom stereocenters. The number of aromatic nitrogens is 1. The molecule has 0 saturated heterocycles.